The molecule has 0 aromatic heterocycles. The molecular formula is C60H93Cl2NO4. The number of ether oxygens (including phenoxy) is 2. The first-order valence-corrected chi connectivity index (χ1v) is 28.6. The van der Waals surface area contributed by atoms with Crippen LogP contribution in [0.5, 0.6) is 11.5 Å². The molecule has 2 atom stereocenters. The van der Waals surface area contributed by atoms with Crippen molar-refractivity contribution < 1.29 is 19.1 Å². The molecule has 5 nitrogen and oxygen atoms in total. The number of halogens is 2. The van der Waals surface area contributed by atoms with Crippen molar-refractivity contribution in [1.82, 2.24) is 0 Å². The van der Waals surface area contributed by atoms with Crippen LogP contribution in [0, 0.1) is 25.7 Å². The summed E-state index contributed by atoms with van der Waals surface area (Å²) in [5.41, 5.74) is 2.90. The average Bonchev–Trinajstić information content (AvgIpc) is 3.32. The molecule has 0 fully saturated rings. The fourth-order valence-electron chi connectivity index (χ4n) is 10.3. The van der Waals surface area contributed by atoms with Crippen LogP contribution < -0.4 is 14.4 Å². The lowest BCUT2D eigenvalue weighted by Crippen LogP contribution is -2.40. The lowest BCUT2D eigenvalue weighted by atomic mass is 9.89. The van der Waals surface area contributed by atoms with E-state index >= 15 is 0 Å². The highest BCUT2D eigenvalue weighted by atomic mass is 35.5. The number of hydrogen-bond acceptors (Lipinski definition) is 4. The highest BCUT2D eigenvalue weighted by molar-refractivity contribution is 6.41. The number of carbonyl (C=O) groups excluding carboxylic acids is 2. The van der Waals surface area contributed by atoms with Gasteiger partial charge in [0.05, 0.1) is 30.0 Å². The SMILES string of the molecule is CCCCCCCCCCC(CCCCCCCC)COc1ccc(N2C(=O)c3cc(Cl)c(C)c4c(C)c(Cl)cc(c34)C2=O)cc1OCC(CCCCCCCC)CCCCCCCCCC. The van der Waals surface area contributed by atoms with Crippen LogP contribution in [0.3, 0.4) is 0 Å². The predicted octanol–water partition coefficient (Wildman–Crippen LogP) is 20.1. The Kier molecular flexibility index (Phi) is 27.9. The summed E-state index contributed by atoms with van der Waals surface area (Å²) in [4.78, 5) is 30.4. The summed E-state index contributed by atoms with van der Waals surface area (Å²) >= 11 is 13.6. The van der Waals surface area contributed by atoms with Gasteiger partial charge in [-0.1, -0.05) is 231 Å². The number of carbonyl (C=O) groups is 2. The average molecular weight is 963 g/mol. The molecule has 3 aromatic rings. The molecule has 376 valence electrons. The molecule has 0 aliphatic carbocycles. The lowest BCUT2D eigenvalue weighted by molar-refractivity contribution is 0.0893. The van der Waals surface area contributed by atoms with E-state index in [9.17, 15) is 9.59 Å². The Balaban J connectivity index is 1.60. The van der Waals surface area contributed by atoms with E-state index in [1.54, 1.807) is 12.1 Å². The van der Waals surface area contributed by atoms with E-state index in [1.807, 2.05) is 32.0 Å². The summed E-state index contributed by atoms with van der Waals surface area (Å²) in [7, 11) is 0. The van der Waals surface area contributed by atoms with Crippen molar-refractivity contribution in [2.24, 2.45) is 11.8 Å². The molecule has 7 heteroatoms. The third-order valence-electron chi connectivity index (χ3n) is 14.7. The first-order chi connectivity index (χ1) is 32.7. The minimum Gasteiger partial charge on any atom is -0.489 e. The quantitative estimate of drug-likeness (QED) is 0.0422. The maximum absolute atomic E-state index is 14.5. The van der Waals surface area contributed by atoms with E-state index in [0.717, 1.165) is 29.4 Å². The Morgan fingerprint density at radius 3 is 1.12 bits per heavy atom. The van der Waals surface area contributed by atoms with Crippen LogP contribution >= 0.6 is 23.2 Å². The summed E-state index contributed by atoms with van der Waals surface area (Å²) in [6, 6.07) is 9.07. The van der Waals surface area contributed by atoms with Crippen molar-refractivity contribution in [1.29, 1.82) is 0 Å². The molecule has 3 aromatic carbocycles. The van der Waals surface area contributed by atoms with Crippen LogP contribution in [0.15, 0.2) is 30.3 Å². The van der Waals surface area contributed by atoms with Crippen molar-refractivity contribution >= 4 is 51.5 Å². The van der Waals surface area contributed by atoms with Gasteiger partial charge in [-0.2, -0.15) is 0 Å². The molecule has 1 heterocycles. The van der Waals surface area contributed by atoms with Crippen LogP contribution in [-0.4, -0.2) is 25.0 Å². The van der Waals surface area contributed by atoms with Gasteiger partial charge < -0.3 is 9.47 Å². The largest absolute Gasteiger partial charge is 0.489 e. The highest BCUT2D eigenvalue weighted by Crippen LogP contribution is 2.43. The van der Waals surface area contributed by atoms with Gasteiger partial charge in [-0.05, 0) is 92.1 Å². The molecule has 0 radical (unpaired) electrons. The van der Waals surface area contributed by atoms with Gasteiger partial charge in [-0.3, -0.25) is 9.59 Å². The van der Waals surface area contributed by atoms with Crippen molar-refractivity contribution in [3.8, 4) is 11.5 Å². The van der Waals surface area contributed by atoms with Gasteiger partial charge in [-0.25, -0.2) is 4.90 Å². The number of anilines is 1. The minimum atomic E-state index is -0.397. The molecule has 0 saturated carbocycles. The van der Waals surface area contributed by atoms with Gasteiger partial charge in [0.15, 0.2) is 11.5 Å². The molecule has 0 spiro atoms. The van der Waals surface area contributed by atoms with Gasteiger partial charge >= 0.3 is 0 Å². The number of aryl methyl sites for hydroxylation is 2. The third-order valence-corrected chi connectivity index (χ3v) is 15.4. The van der Waals surface area contributed by atoms with Crippen LogP contribution in [0.2, 0.25) is 10.0 Å². The zero-order valence-electron chi connectivity index (χ0n) is 43.4. The smallest absolute Gasteiger partial charge is 0.266 e. The monoisotopic (exact) mass is 962 g/mol. The third kappa shape index (κ3) is 18.8. The predicted molar refractivity (Wildman–Crippen MR) is 289 cm³/mol. The normalized spacial score (nSPS) is 13.5. The second kappa shape index (κ2) is 32.9. The number of imide groups is 1. The minimum absolute atomic E-state index is 0.397. The number of benzene rings is 3. The van der Waals surface area contributed by atoms with Crippen LogP contribution in [0.4, 0.5) is 5.69 Å². The maximum Gasteiger partial charge on any atom is 0.266 e. The molecule has 0 N–H and O–H groups in total. The number of rotatable bonds is 39. The molecular weight excluding hydrogens is 870 g/mol. The Hall–Kier alpha value is -2.76. The molecule has 2 amide bonds. The van der Waals surface area contributed by atoms with E-state index in [-0.39, 0.29) is 0 Å². The van der Waals surface area contributed by atoms with Crippen molar-refractivity contribution in [2.75, 3.05) is 18.1 Å². The van der Waals surface area contributed by atoms with Crippen LogP contribution in [0.25, 0.3) is 10.8 Å². The Morgan fingerprint density at radius 2 is 0.761 bits per heavy atom. The fraction of sp³-hybridized carbons (Fsp3) is 0.700. The van der Waals surface area contributed by atoms with E-state index in [0.29, 0.717) is 68.8 Å². The van der Waals surface area contributed by atoms with E-state index in [4.69, 9.17) is 32.7 Å². The molecule has 0 bridgehead atoms. The van der Waals surface area contributed by atoms with Crippen LogP contribution in [-0.2, 0) is 0 Å². The molecule has 4 rings (SSSR count). The van der Waals surface area contributed by atoms with E-state index < -0.39 is 11.8 Å². The first-order valence-electron chi connectivity index (χ1n) is 27.9. The maximum atomic E-state index is 14.5. The number of unbranched alkanes of at least 4 members (excludes halogenated alkanes) is 24. The second-order valence-corrected chi connectivity index (χ2v) is 21.2. The van der Waals surface area contributed by atoms with Gasteiger partial charge in [0.2, 0.25) is 0 Å². The Bertz CT molecular complexity index is 1830. The zero-order chi connectivity index (χ0) is 48.2. The second-order valence-electron chi connectivity index (χ2n) is 20.4. The molecule has 0 saturated heterocycles. The summed E-state index contributed by atoms with van der Waals surface area (Å²) in [5.74, 6) is 1.38. The van der Waals surface area contributed by atoms with Gasteiger partial charge in [0.1, 0.15) is 0 Å². The van der Waals surface area contributed by atoms with E-state index in [1.165, 1.54) is 198 Å². The van der Waals surface area contributed by atoms with Crippen LogP contribution in [0.1, 0.15) is 265 Å². The van der Waals surface area contributed by atoms with Gasteiger partial charge in [0.25, 0.3) is 11.8 Å². The number of amides is 2. The molecule has 1 aliphatic rings. The lowest BCUT2D eigenvalue weighted by Gasteiger charge is -2.29. The van der Waals surface area contributed by atoms with E-state index in [2.05, 4.69) is 27.7 Å². The van der Waals surface area contributed by atoms with Crippen molar-refractivity contribution in [3.05, 3.63) is 62.6 Å². The fourth-order valence-corrected chi connectivity index (χ4v) is 10.7. The topological polar surface area (TPSA) is 55.8 Å². The summed E-state index contributed by atoms with van der Waals surface area (Å²) < 4.78 is 13.8. The summed E-state index contributed by atoms with van der Waals surface area (Å²) in [6.45, 7) is 14.2. The Labute approximate surface area is 419 Å². The highest BCUT2D eigenvalue weighted by Gasteiger charge is 2.36. The number of hydrogen-bond donors (Lipinski definition) is 0. The number of nitrogens with zero attached hydrogens (tertiary/aromatic N) is 1. The Morgan fingerprint density at radius 1 is 0.433 bits per heavy atom. The summed E-state index contributed by atoms with van der Waals surface area (Å²) in [5, 5.41) is 2.35. The molecule has 2 unspecified atom stereocenters. The zero-order valence-corrected chi connectivity index (χ0v) is 44.9. The first kappa shape index (κ1) is 56.8. The van der Waals surface area contributed by atoms with Crippen molar-refractivity contribution in [2.45, 2.75) is 247 Å². The standard InChI is InChI=1S/C60H93Cl2NO4/c1-7-11-15-19-23-25-29-33-36-48(35-31-27-21-17-13-9-3)44-66-55-40-39-50(63-59(64)51-42-53(61)46(5)57-47(6)54(62)43-52(58(51)57)60(63)65)41-56(55)67-45-49(37-32-28-22-18-14-10-4)38-34-30-26-24-20-16-12-8-2/h39-43,48-49H,7-38,44-45H2,1-6H3. The molecule has 67 heavy (non-hydrogen) atoms. The summed E-state index contributed by atoms with van der Waals surface area (Å²) in [6.07, 6.45) is 41.0. The molecule has 1 aliphatic heterocycles. The van der Waals surface area contributed by atoms with Gasteiger partial charge in [-0.15, -0.1) is 0 Å². The van der Waals surface area contributed by atoms with Crippen molar-refractivity contribution in [3.63, 3.8) is 0 Å². The van der Waals surface area contributed by atoms with Gasteiger partial charge in [0, 0.05) is 21.5 Å².